The van der Waals surface area contributed by atoms with E-state index in [1.165, 1.54) is 0 Å². The molecule has 1 saturated heterocycles. The Hall–Kier alpha value is -1.95. The second-order valence-corrected chi connectivity index (χ2v) is 5.30. The van der Waals surface area contributed by atoms with Gasteiger partial charge in [-0.1, -0.05) is 36.4 Å². The number of rotatable bonds is 4. The van der Waals surface area contributed by atoms with Gasteiger partial charge in [0.2, 0.25) is 0 Å². The van der Waals surface area contributed by atoms with Gasteiger partial charge >= 0.3 is 0 Å². The van der Waals surface area contributed by atoms with E-state index < -0.39 is 12.2 Å². The molecule has 1 heterocycles. The third-order valence-corrected chi connectivity index (χ3v) is 3.74. The number of carbonyl (C=O) groups excluding carboxylic acids is 1. The Morgan fingerprint density at radius 1 is 1.23 bits per heavy atom. The van der Waals surface area contributed by atoms with Crippen molar-refractivity contribution in [2.24, 2.45) is 0 Å². The molecule has 5 heteroatoms. The highest BCUT2D eigenvalue weighted by Crippen LogP contribution is 2.20. The Balaban J connectivity index is 1.60. The molecule has 2 aromatic rings. The molecule has 1 aliphatic rings. The fourth-order valence-electron chi connectivity index (χ4n) is 2.48. The number of ether oxygens (including phenoxy) is 2. The summed E-state index contributed by atoms with van der Waals surface area (Å²) in [5, 5.41) is 15.1. The Kier molecular flexibility index (Phi) is 4.68. The fraction of sp³-hybridized carbons (Fsp3) is 0.353. The topological polar surface area (TPSA) is 67.8 Å². The molecule has 0 saturated carbocycles. The molecule has 5 nitrogen and oxygen atoms in total. The van der Waals surface area contributed by atoms with Crippen LogP contribution in [0.15, 0.2) is 42.5 Å². The quantitative estimate of drug-likeness (QED) is 0.896. The molecule has 2 unspecified atom stereocenters. The lowest BCUT2D eigenvalue weighted by Crippen LogP contribution is -2.43. The summed E-state index contributed by atoms with van der Waals surface area (Å²) in [6.45, 7) is 1.35. The maximum atomic E-state index is 11.9. The molecule has 0 aliphatic carbocycles. The van der Waals surface area contributed by atoms with E-state index in [4.69, 9.17) is 9.47 Å². The smallest absolute Gasteiger partial charge is 0.251 e. The predicted molar refractivity (Wildman–Crippen MR) is 82.5 cm³/mol. The molecule has 2 N–H and O–H groups in total. The zero-order chi connectivity index (χ0) is 15.4. The number of benzene rings is 2. The Labute approximate surface area is 128 Å². The second-order valence-electron chi connectivity index (χ2n) is 5.30. The first kappa shape index (κ1) is 15.0. The molecule has 22 heavy (non-hydrogen) atoms. The Bertz CT molecular complexity index is 652. The van der Waals surface area contributed by atoms with Crippen molar-refractivity contribution in [1.82, 2.24) is 5.32 Å². The van der Waals surface area contributed by atoms with E-state index in [0.29, 0.717) is 13.2 Å². The molecule has 0 aromatic heterocycles. The standard InChI is InChI=1S/C17H19NO4/c19-15(10-18-17(20)16-11-21-7-8-22-16)14-6-5-12-3-1-2-4-13(12)9-14/h1-6,9,15-16,19H,7-8,10-11H2,(H,18,20). The van der Waals surface area contributed by atoms with Gasteiger partial charge in [-0.25, -0.2) is 0 Å². The van der Waals surface area contributed by atoms with Crippen LogP contribution in [0.5, 0.6) is 0 Å². The molecular formula is C17H19NO4. The average Bonchev–Trinajstić information content (AvgIpc) is 2.59. The van der Waals surface area contributed by atoms with Gasteiger partial charge in [-0.05, 0) is 22.4 Å². The highest BCUT2D eigenvalue weighted by atomic mass is 16.6. The number of fused-ring (bicyclic) bond motifs is 1. The summed E-state index contributed by atoms with van der Waals surface area (Å²) in [4.78, 5) is 11.9. The largest absolute Gasteiger partial charge is 0.387 e. The maximum absolute atomic E-state index is 11.9. The van der Waals surface area contributed by atoms with E-state index in [2.05, 4.69) is 5.32 Å². The van der Waals surface area contributed by atoms with Crippen LogP contribution in [0.25, 0.3) is 10.8 Å². The zero-order valence-electron chi connectivity index (χ0n) is 12.2. The van der Waals surface area contributed by atoms with Crippen molar-refractivity contribution in [3.8, 4) is 0 Å². The lowest BCUT2D eigenvalue weighted by Gasteiger charge is -2.22. The lowest BCUT2D eigenvalue weighted by molar-refractivity contribution is -0.147. The monoisotopic (exact) mass is 301 g/mol. The summed E-state index contributed by atoms with van der Waals surface area (Å²) in [6, 6.07) is 13.7. The van der Waals surface area contributed by atoms with E-state index >= 15 is 0 Å². The van der Waals surface area contributed by atoms with Crippen molar-refractivity contribution in [2.75, 3.05) is 26.4 Å². The molecule has 1 fully saturated rings. The van der Waals surface area contributed by atoms with E-state index in [-0.39, 0.29) is 19.1 Å². The van der Waals surface area contributed by atoms with Gasteiger partial charge in [-0.15, -0.1) is 0 Å². The summed E-state index contributed by atoms with van der Waals surface area (Å²) in [7, 11) is 0. The van der Waals surface area contributed by atoms with Crippen molar-refractivity contribution >= 4 is 16.7 Å². The van der Waals surface area contributed by atoms with Gasteiger partial charge in [-0.3, -0.25) is 4.79 Å². The van der Waals surface area contributed by atoms with Gasteiger partial charge in [-0.2, -0.15) is 0 Å². The maximum Gasteiger partial charge on any atom is 0.251 e. The van der Waals surface area contributed by atoms with Gasteiger partial charge in [0.25, 0.3) is 5.91 Å². The first-order valence-electron chi connectivity index (χ1n) is 7.38. The number of hydrogen-bond acceptors (Lipinski definition) is 4. The number of amides is 1. The summed E-state index contributed by atoms with van der Waals surface area (Å²) < 4.78 is 10.5. The number of carbonyl (C=O) groups is 1. The summed E-state index contributed by atoms with van der Waals surface area (Å²) in [5.74, 6) is -0.250. The number of aliphatic hydroxyl groups excluding tert-OH is 1. The third-order valence-electron chi connectivity index (χ3n) is 3.74. The minimum Gasteiger partial charge on any atom is -0.387 e. The molecule has 1 amide bonds. The zero-order valence-corrected chi connectivity index (χ0v) is 12.2. The summed E-state index contributed by atoms with van der Waals surface area (Å²) >= 11 is 0. The first-order valence-corrected chi connectivity index (χ1v) is 7.38. The minimum absolute atomic E-state index is 0.150. The molecule has 0 spiro atoms. The number of aliphatic hydroxyl groups is 1. The third kappa shape index (κ3) is 3.44. The van der Waals surface area contributed by atoms with Crippen molar-refractivity contribution in [1.29, 1.82) is 0 Å². The van der Waals surface area contributed by atoms with Crippen LogP contribution in [-0.2, 0) is 14.3 Å². The van der Waals surface area contributed by atoms with E-state index in [9.17, 15) is 9.90 Å². The Morgan fingerprint density at radius 2 is 2.05 bits per heavy atom. The molecular weight excluding hydrogens is 282 g/mol. The average molecular weight is 301 g/mol. The van der Waals surface area contributed by atoms with Crippen LogP contribution in [-0.4, -0.2) is 43.5 Å². The van der Waals surface area contributed by atoms with E-state index in [1.807, 2.05) is 42.5 Å². The molecule has 2 atom stereocenters. The lowest BCUT2D eigenvalue weighted by atomic mass is 10.0. The molecule has 0 bridgehead atoms. The fourth-order valence-corrected chi connectivity index (χ4v) is 2.48. The first-order chi connectivity index (χ1) is 10.7. The second kappa shape index (κ2) is 6.87. The highest BCUT2D eigenvalue weighted by molar-refractivity contribution is 5.83. The van der Waals surface area contributed by atoms with Crippen LogP contribution in [0.2, 0.25) is 0 Å². The minimum atomic E-state index is -0.752. The van der Waals surface area contributed by atoms with Gasteiger partial charge in [0.1, 0.15) is 0 Å². The number of nitrogens with one attached hydrogen (secondary N) is 1. The highest BCUT2D eigenvalue weighted by Gasteiger charge is 2.23. The van der Waals surface area contributed by atoms with Crippen molar-refractivity contribution in [3.63, 3.8) is 0 Å². The molecule has 0 radical (unpaired) electrons. The Morgan fingerprint density at radius 3 is 2.82 bits per heavy atom. The molecule has 2 aromatic carbocycles. The SMILES string of the molecule is O=C(NCC(O)c1ccc2ccccc2c1)C1COCCO1. The van der Waals surface area contributed by atoms with Crippen LogP contribution in [0.1, 0.15) is 11.7 Å². The van der Waals surface area contributed by atoms with Gasteiger partial charge in [0, 0.05) is 6.54 Å². The summed E-state index contributed by atoms with van der Waals surface area (Å²) in [5.41, 5.74) is 0.778. The van der Waals surface area contributed by atoms with Crippen molar-refractivity contribution in [2.45, 2.75) is 12.2 Å². The molecule has 116 valence electrons. The number of hydrogen-bond donors (Lipinski definition) is 2. The van der Waals surface area contributed by atoms with Crippen LogP contribution in [0.4, 0.5) is 0 Å². The summed E-state index contributed by atoms with van der Waals surface area (Å²) in [6.07, 6.45) is -1.34. The normalized spacial score (nSPS) is 19.8. The predicted octanol–water partition coefficient (Wildman–Crippen LogP) is 1.40. The van der Waals surface area contributed by atoms with Crippen LogP contribution in [0, 0.1) is 0 Å². The van der Waals surface area contributed by atoms with Crippen molar-refractivity contribution in [3.05, 3.63) is 48.0 Å². The van der Waals surface area contributed by atoms with Crippen LogP contribution < -0.4 is 5.32 Å². The van der Waals surface area contributed by atoms with Crippen molar-refractivity contribution < 1.29 is 19.4 Å². The van der Waals surface area contributed by atoms with Crippen LogP contribution in [0.3, 0.4) is 0 Å². The van der Waals surface area contributed by atoms with Gasteiger partial charge < -0.3 is 19.9 Å². The van der Waals surface area contributed by atoms with Gasteiger partial charge in [0.05, 0.1) is 25.9 Å². The van der Waals surface area contributed by atoms with E-state index in [1.54, 1.807) is 0 Å². The van der Waals surface area contributed by atoms with E-state index in [0.717, 1.165) is 16.3 Å². The molecule has 3 rings (SSSR count). The van der Waals surface area contributed by atoms with Gasteiger partial charge in [0.15, 0.2) is 6.10 Å². The molecule has 1 aliphatic heterocycles. The van der Waals surface area contributed by atoms with Crippen LogP contribution >= 0.6 is 0 Å².